The summed E-state index contributed by atoms with van der Waals surface area (Å²) in [6, 6.07) is 15.0. The summed E-state index contributed by atoms with van der Waals surface area (Å²) >= 11 is 6.01. The third kappa shape index (κ3) is 4.12. The number of aryl methyl sites for hydroxylation is 1. The van der Waals surface area contributed by atoms with Gasteiger partial charge < -0.3 is 0 Å². The van der Waals surface area contributed by atoms with Crippen molar-refractivity contribution in [3.63, 3.8) is 0 Å². The molecule has 0 spiro atoms. The first-order chi connectivity index (χ1) is 17.2. The molecule has 8 heteroatoms. The highest BCUT2D eigenvalue weighted by molar-refractivity contribution is 6.30. The molecule has 0 atom stereocenters. The smallest absolute Gasteiger partial charge is 0.265 e. The monoisotopic (exact) mass is 482 g/mol. The molecule has 0 amide bonds. The van der Waals surface area contributed by atoms with Crippen LogP contribution < -0.4 is 5.56 Å². The zero-order valence-electron chi connectivity index (χ0n) is 19.1. The molecule has 35 heavy (non-hydrogen) atoms. The van der Waals surface area contributed by atoms with Crippen molar-refractivity contribution in [1.82, 2.24) is 24.2 Å². The SMILES string of the molecule is O=c1c2c3nc4ccccc4nc3n(/N=C/c3ccc(Cl)cc3)c2ncn1CCC1=CCCCC1. The number of halogens is 1. The minimum atomic E-state index is -0.124. The number of aromatic nitrogens is 5. The molecule has 0 fully saturated rings. The quantitative estimate of drug-likeness (QED) is 0.237. The average molecular weight is 483 g/mol. The Kier molecular flexibility index (Phi) is 5.62. The van der Waals surface area contributed by atoms with Gasteiger partial charge in [-0.2, -0.15) is 9.78 Å². The van der Waals surface area contributed by atoms with E-state index in [1.54, 1.807) is 33.9 Å². The van der Waals surface area contributed by atoms with Crippen LogP contribution in [0.4, 0.5) is 0 Å². The van der Waals surface area contributed by atoms with E-state index in [0.717, 1.165) is 35.9 Å². The second-order valence-corrected chi connectivity index (χ2v) is 9.23. The van der Waals surface area contributed by atoms with Crippen molar-refractivity contribution in [3.05, 3.63) is 87.4 Å². The van der Waals surface area contributed by atoms with Gasteiger partial charge in [0.15, 0.2) is 11.3 Å². The number of hydrogen-bond acceptors (Lipinski definition) is 5. The Morgan fingerprint density at radius 1 is 1.00 bits per heavy atom. The first-order valence-electron chi connectivity index (χ1n) is 11.8. The molecule has 3 aromatic heterocycles. The molecule has 7 nitrogen and oxygen atoms in total. The topological polar surface area (TPSA) is 78.0 Å². The number of benzene rings is 2. The number of rotatable bonds is 5. The van der Waals surface area contributed by atoms with Crippen molar-refractivity contribution in [2.75, 3.05) is 0 Å². The van der Waals surface area contributed by atoms with Crippen LogP contribution in [0.5, 0.6) is 0 Å². The summed E-state index contributed by atoms with van der Waals surface area (Å²) in [4.78, 5) is 27.9. The first kappa shape index (κ1) is 21.7. The van der Waals surface area contributed by atoms with Gasteiger partial charge in [-0.1, -0.05) is 47.5 Å². The van der Waals surface area contributed by atoms with Crippen molar-refractivity contribution in [2.45, 2.75) is 38.6 Å². The van der Waals surface area contributed by atoms with Crippen LogP contribution in [-0.2, 0) is 6.54 Å². The Hall–Kier alpha value is -3.84. The van der Waals surface area contributed by atoms with Crippen LogP contribution in [0, 0.1) is 0 Å². The molecule has 0 N–H and O–H groups in total. The fourth-order valence-corrected chi connectivity index (χ4v) is 4.72. The Morgan fingerprint density at radius 3 is 2.57 bits per heavy atom. The van der Waals surface area contributed by atoms with Gasteiger partial charge in [-0.3, -0.25) is 9.36 Å². The van der Waals surface area contributed by atoms with Crippen LogP contribution in [0.2, 0.25) is 5.02 Å². The lowest BCUT2D eigenvalue weighted by molar-refractivity contribution is 0.610. The van der Waals surface area contributed by atoms with Gasteiger partial charge in [0.25, 0.3) is 5.56 Å². The third-order valence-corrected chi connectivity index (χ3v) is 6.71. The summed E-state index contributed by atoms with van der Waals surface area (Å²) < 4.78 is 3.29. The number of allylic oxidation sites excluding steroid dienone is 2. The molecule has 5 aromatic rings. The molecular weight excluding hydrogens is 460 g/mol. The molecule has 6 rings (SSSR count). The lowest BCUT2D eigenvalue weighted by Crippen LogP contribution is -2.21. The van der Waals surface area contributed by atoms with E-state index in [1.807, 2.05) is 36.4 Å². The number of nitrogens with zero attached hydrogens (tertiary/aromatic N) is 6. The van der Waals surface area contributed by atoms with E-state index in [9.17, 15) is 4.79 Å². The standard InChI is InChI=1S/C27H23ClN6O/c28-20-12-10-19(11-13-20)16-30-34-25-23(24-26(34)32-22-9-5-4-8-21(22)31-24)27(35)33(17-29-25)15-14-18-6-2-1-3-7-18/h4-6,8-13,16-17H,1-3,7,14-15H2/b30-16+. The molecule has 0 bridgehead atoms. The summed E-state index contributed by atoms with van der Waals surface area (Å²) in [7, 11) is 0. The van der Waals surface area contributed by atoms with Gasteiger partial charge in [-0.15, -0.1) is 0 Å². The summed E-state index contributed by atoms with van der Waals surface area (Å²) in [6.45, 7) is 0.593. The molecule has 3 heterocycles. The number of fused-ring (bicyclic) bond motifs is 4. The van der Waals surface area contributed by atoms with Crippen LogP contribution >= 0.6 is 11.6 Å². The number of para-hydroxylation sites is 2. The normalized spacial score (nSPS) is 14.4. The molecule has 0 saturated heterocycles. The zero-order chi connectivity index (χ0) is 23.8. The van der Waals surface area contributed by atoms with Gasteiger partial charge in [0.1, 0.15) is 10.9 Å². The molecule has 1 aliphatic carbocycles. The van der Waals surface area contributed by atoms with E-state index < -0.39 is 0 Å². The minimum absolute atomic E-state index is 0.124. The molecule has 0 aliphatic heterocycles. The van der Waals surface area contributed by atoms with Gasteiger partial charge in [-0.05, 0) is 61.9 Å². The Balaban J connectivity index is 1.51. The van der Waals surface area contributed by atoms with Crippen molar-refractivity contribution in [3.8, 4) is 0 Å². The zero-order valence-corrected chi connectivity index (χ0v) is 19.8. The van der Waals surface area contributed by atoms with Gasteiger partial charge in [0, 0.05) is 11.6 Å². The lowest BCUT2D eigenvalue weighted by atomic mass is 9.97. The Morgan fingerprint density at radius 2 is 1.80 bits per heavy atom. The second kappa shape index (κ2) is 9.07. The molecule has 174 valence electrons. The van der Waals surface area contributed by atoms with Crippen LogP contribution in [0.3, 0.4) is 0 Å². The predicted octanol–water partition coefficient (Wildman–Crippen LogP) is 5.72. The van der Waals surface area contributed by atoms with Crippen LogP contribution in [0.15, 0.2) is 76.4 Å². The maximum atomic E-state index is 13.6. The van der Waals surface area contributed by atoms with E-state index in [1.165, 1.54) is 18.4 Å². The summed E-state index contributed by atoms with van der Waals surface area (Å²) in [6.07, 6.45) is 11.2. The van der Waals surface area contributed by atoms with E-state index >= 15 is 0 Å². The molecule has 0 unspecified atom stereocenters. The highest BCUT2D eigenvalue weighted by atomic mass is 35.5. The van der Waals surface area contributed by atoms with E-state index in [-0.39, 0.29) is 5.56 Å². The van der Waals surface area contributed by atoms with Gasteiger partial charge in [-0.25, -0.2) is 15.0 Å². The van der Waals surface area contributed by atoms with E-state index in [4.69, 9.17) is 21.6 Å². The van der Waals surface area contributed by atoms with Crippen LogP contribution in [-0.4, -0.2) is 30.4 Å². The minimum Gasteiger partial charge on any atom is -0.298 e. The van der Waals surface area contributed by atoms with Gasteiger partial charge in [0.05, 0.1) is 23.6 Å². The van der Waals surface area contributed by atoms with Crippen molar-refractivity contribution < 1.29 is 0 Å². The maximum Gasteiger partial charge on any atom is 0.265 e. The fourth-order valence-electron chi connectivity index (χ4n) is 4.59. The van der Waals surface area contributed by atoms with Crippen LogP contribution in [0.1, 0.15) is 37.7 Å². The Labute approximate surface area is 206 Å². The van der Waals surface area contributed by atoms with E-state index in [0.29, 0.717) is 33.8 Å². The third-order valence-electron chi connectivity index (χ3n) is 6.46. The van der Waals surface area contributed by atoms with Crippen molar-refractivity contribution in [2.24, 2.45) is 5.10 Å². The van der Waals surface area contributed by atoms with Gasteiger partial charge >= 0.3 is 0 Å². The maximum absolute atomic E-state index is 13.6. The Bertz CT molecular complexity index is 1680. The van der Waals surface area contributed by atoms with Crippen molar-refractivity contribution in [1.29, 1.82) is 0 Å². The highest BCUT2D eigenvalue weighted by Gasteiger charge is 2.20. The molecule has 0 saturated carbocycles. The molecule has 0 radical (unpaired) electrons. The first-order valence-corrected chi connectivity index (χ1v) is 12.2. The molecule has 2 aromatic carbocycles. The van der Waals surface area contributed by atoms with Crippen LogP contribution in [0.25, 0.3) is 33.2 Å². The average Bonchev–Trinajstić information content (AvgIpc) is 3.20. The van der Waals surface area contributed by atoms with E-state index in [2.05, 4.69) is 16.2 Å². The lowest BCUT2D eigenvalue weighted by Gasteiger charge is -2.13. The van der Waals surface area contributed by atoms with Gasteiger partial charge in [0.2, 0.25) is 0 Å². The summed E-state index contributed by atoms with van der Waals surface area (Å²) in [5.41, 5.74) is 5.08. The summed E-state index contributed by atoms with van der Waals surface area (Å²) in [5, 5.41) is 5.74. The number of hydrogen-bond donors (Lipinski definition) is 0. The highest BCUT2D eigenvalue weighted by Crippen LogP contribution is 2.25. The largest absolute Gasteiger partial charge is 0.298 e. The second-order valence-electron chi connectivity index (χ2n) is 8.79. The predicted molar refractivity (Wildman–Crippen MR) is 140 cm³/mol. The summed E-state index contributed by atoms with van der Waals surface area (Å²) in [5.74, 6) is 0. The fraction of sp³-hybridized carbons (Fsp3) is 0.222. The van der Waals surface area contributed by atoms with Crippen molar-refractivity contribution >= 4 is 51.0 Å². The molecule has 1 aliphatic rings. The molecular formula is C27H23ClN6O.